The fourth-order valence-corrected chi connectivity index (χ4v) is 3.42. The first-order chi connectivity index (χ1) is 12.6. The van der Waals surface area contributed by atoms with E-state index in [-0.39, 0.29) is 17.4 Å². The number of nitrogens with zero attached hydrogens (tertiary/aromatic N) is 3. The second kappa shape index (κ2) is 8.91. The molecule has 1 N–H and O–H groups in total. The third-order valence-corrected chi connectivity index (χ3v) is 5.73. The molecule has 1 atom stereocenters. The van der Waals surface area contributed by atoms with E-state index in [2.05, 4.69) is 85.9 Å². The van der Waals surface area contributed by atoms with Crippen LogP contribution in [0.1, 0.15) is 54.0 Å². The van der Waals surface area contributed by atoms with E-state index in [1.54, 1.807) is 0 Å². The van der Waals surface area contributed by atoms with Crippen molar-refractivity contribution in [3.05, 3.63) is 29.8 Å². The molecule has 0 bridgehead atoms. The Labute approximate surface area is 167 Å². The summed E-state index contributed by atoms with van der Waals surface area (Å²) in [6, 6.07) is 8.67. The molecule has 0 saturated heterocycles. The van der Waals surface area contributed by atoms with Gasteiger partial charge >= 0.3 is 0 Å². The first kappa shape index (κ1) is 21.5. The maximum Gasteiger partial charge on any atom is 0.230 e. The Bertz CT molecular complexity index is 759. The van der Waals surface area contributed by atoms with Crippen LogP contribution in [0.4, 0.5) is 0 Å². The van der Waals surface area contributed by atoms with Gasteiger partial charge in [-0.2, -0.15) is 0 Å². The minimum Gasteiger partial charge on any atom is -0.353 e. The predicted octanol–water partition coefficient (Wildman–Crippen LogP) is 4.52. The lowest BCUT2D eigenvalue weighted by Crippen LogP contribution is -2.37. The summed E-state index contributed by atoms with van der Waals surface area (Å²) >= 11 is 1.43. The number of benzene rings is 1. The number of carbonyl (C=O) groups excluding carboxylic acids is 1. The Morgan fingerprint density at radius 3 is 2.30 bits per heavy atom. The van der Waals surface area contributed by atoms with Crippen LogP contribution in [0.5, 0.6) is 0 Å². The molecule has 0 saturated carbocycles. The summed E-state index contributed by atoms with van der Waals surface area (Å²) in [6.45, 7) is 15.7. The summed E-state index contributed by atoms with van der Waals surface area (Å²) in [5, 5.41) is 12.5. The normalized spacial score (nSPS) is 13.0. The number of hydrogen-bond donors (Lipinski definition) is 1. The van der Waals surface area contributed by atoms with Gasteiger partial charge in [0, 0.05) is 18.2 Å². The van der Waals surface area contributed by atoms with E-state index in [0.29, 0.717) is 11.7 Å². The molecule has 2 rings (SSSR count). The molecule has 1 aromatic heterocycles. The van der Waals surface area contributed by atoms with Crippen molar-refractivity contribution in [3.8, 4) is 11.4 Å². The highest BCUT2D eigenvalue weighted by Crippen LogP contribution is 2.27. The second-order valence-corrected chi connectivity index (χ2v) is 9.21. The van der Waals surface area contributed by atoms with Gasteiger partial charge in [0.05, 0.1) is 5.75 Å². The average molecular weight is 389 g/mol. The average Bonchev–Trinajstić information content (AvgIpc) is 3.02. The number of hydrogen-bond acceptors (Lipinski definition) is 4. The molecule has 1 amide bonds. The highest BCUT2D eigenvalue weighted by Gasteiger charge is 2.18. The summed E-state index contributed by atoms with van der Waals surface area (Å²) in [7, 11) is 0. The van der Waals surface area contributed by atoms with Gasteiger partial charge < -0.3 is 9.88 Å². The third kappa shape index (κ3) is 5.58. The van der Waals surface area contributed by atoms with E-state index in [0.717, 1.165) is 23.1 Å². The molecule has 0 aliphatic rings. The smallest absolute Gasteiger partial charge is 0.230 e. The molecule has 0 fully saturated rings. The Morgan fingerprint density at radius 1 is 1.15 bits per heavy atom. The molecule has 0 aliphatic carbocycles. The van der Waals surface area contributed by atoms with Crippen LogP contribution in [0.2, 0.25) is 0 Å². The van der Waals surface area contributed by atoms with Crippen molar-refractivity contribution < 1.29 is 4.79 Å². The van der Waals surface area contributed by atoms with Gasteiger partial charge in [0.25, 0.3) is 0 Å². The summed E-state index contributed by atoms with van der Waals surface area (Å²) in [5.74, 6) is 1.64. The molecular formula is C21H32N4OS. The SMILES string of the molecule is CCn1c(SCC(=O)NC(C)C(C)C)nnc1-c1ccc(C(C)(C)C)cc1. The molecule has 27 heavy (non-hydrogen) atoms. The molecule has 0 radical (unpaired) electrons. The Kier molecular flexibility index (Phi) is 7.09. The van der Waals surface area contributed by atoms with Crippen molar-refractivity contribution in [1.82, 2.24) is 20.1 Å². The minimum absolute atomic E-state index is 0.0305. The van der Waals surface area contributed by atoms with Gasteiger partial charge in [0.2, 0.25) is 5.91 Å². The van der Waals surface area contributed by atoms with Gasteiger partial charge in [-0.3, -0.25) is 4.79 Å². The number of thioether (sulfide) groups is 1. The first-order valence-electron chi connectivity index (χ1n) is 9.59. The fourth-order valence-electron chi connectivity index (χ4n) is 2.61. The Balaban J connectivity index is 2.11. The number of nitrogens with one attached hydrogen (secondary N) is 1. The molecule has 2 aromatic rings. The zero-order valence-electron chi connectivity index (χ0n) is 17.5. The zero-order chi connectivity index (χ0) is 20.2. The van der Waals surface area contributed by atoms with Crippen molar-refractivity contribution in [3.63, 3.8) is 0 Å². The molecule has 5 nitrogen and oxygen atoms in total. The number of carbonyl (C=O) groups is 1. The summed E-state index contributed by atoms with van der Waals surface area (Å²) < 4.78 is 2.07. The lowest BCUT2D eigenvalue weighted by molar-refractivity contribution is -0.119. The molecule has 1 heterocycles. The molecule has 6 heteroatoms. The van der Waals surface area contributed by atoms with Gasteiger partial charge in [-0.25, -0.2) is 0 Å². The van der Waals surface area contributed by atoms with Crippen molar-refractivity contribution in [1.29, 1.82) is 0 Å². The van der Waals surface area contributed by atoms with Crippen LogP contribution >= 0.6 is 11.8 Å². The third-order valence-electron chi connectivity index (χ3n) is 4.76. The fraction of sp³-hybridized carbons (Fsp3) is 0.571. The standard InChI is InChI=1S/C21H32N4OS/c1-8-25-19(16-9-11-17(12-10-16)21(5,6)7)23-24-20(25)27-13-18(26)22-15(4)14(2)3/h9-12,14-15H,8,13H2,1-7H3,(H,22,26). The van der Waals surface area contributed by atoms with Crippen LogP contribution in [0, 0.1) is 5.92 Å². The van der Waals surface area contributed by atoms with E-state index in [1.807, 2.05) is 6.92 Å². The summed E-state index contributed by atoms with van der Waals surface area (Å²) in [6.07, 6.45) is 0. The highest BCUT2D eigenvalue weighted by atomic mass is 32.2. The van der Waals surface area contributed by atoms with E-state index >= 15 is 0 Å². The van der Waals surface area contributed by atoms with E-state index in [9.17, 15) is 4.79 Å². The lowest BCUT2D eigenvalue weighted by atomic mass is 9.87. The quantitative estimate of drug-likeness (QED) is 0.709. The van der Waals surface area contributed by atoms with Gasteiger partial charge in [0.1, 0.15) is 0 Å². The van der Waals surface area contributed by atoms with Crippen LogP contribution in [-0.2, 0) is 16.8 Å². The second-order valence-electron chi connectivity index (χ2n) is 8.27. The molecule has 1 aromatic carbocycles. The highest BCUT2D eigenvalue weighted by molar-refractivity contribution is 7.99. The van der Waals surface area contributed by atoms with Crippen molar-refractivity contribution >= 4 is 17.7 Å². The van der Waals surface area contributed by atoms with Crippen LogP contribution in [0.15, 0.2) is 29.4 Å². The van der Waals surface area contributed by atoms with Crippen LogP contribution < -0.4 is 5.32 Å². The number of aromatic nitrogens is 3. The van der Waals surface area contributed by atoms with E-state index < -0.39 is 0 Å². The van der Waals surface area contributed by atoms with Crippen LogP contribution in [-0.4, -0.2) is 32.5 Å². The predicted molar refractivity (Wildman–Crippen MR) is 113 cm³/mol. The first-order valence-corrected chi connectivity index (χ1v) is 10.6. The maximum absolute atomic E-state index is 12.1. The summed E-state index contributed by atoms with van der Waals surface area (Å²) in [4.78, 5) is 12.1. The molecule has 1 unspecified atom stereocenters. The lowest BCUT2D eigenvalue weighted by Gasteiger charge is -2.19. The molecule has 0 spiro atoms. The number of amides is 1. The molecular weight excluding hydrogens is 356 g/mol. The number of rotatable bonds is 7. The molecule has 0 aliphatic heterocycles. The van der Waals surface area contributed by atoms with Gasteiger partial charge in [-0.1, -0.05) is 70.6 Å². The largest absolute Gasteiger partial charge is 0.353 e. The maximum atomic E-state index is 12.1. The van der Waals surface area contributed by atoms with E-state index in [4.69, 9.17) is 0 Å². The van der Waals surface area contributed by atoms with Crippen molar-refractivity contribution in [2.24, 2.45) is 5.92 Å². The van der Waals surface area contributed by atoms with Gasteiger partial charge in [-0.15, -0.1) is 10.2 Å². The molecule has 148 valence electrons. The Hall–Kier alpha value is -1.82. The van der Waals surface area contributed by atoms with E-state index in [1.165, 1.54) is 17.3 Å². The Morgan fingerprint density at radius 2 is 1.78 bits per heavy atom. The van der Waals surface area contributed by atoms with Crippen molar-refractivity contribution in [2.75, 3.05) is 5.75 Å². The van der Waals surface area contributed by atoms with Gasteiger partial charge in [0.15, 0.2) is 11.0 Å². The minimum atomic E-state index is 0.0305. The monoisotopic (exact) mass is 388 g/mol. The van der Waals surface area contributed by atoms with Crippen molar-refractivity contribution in [2.45, 2.75) is 71.6 Å². The zero-order valence-corrected chi connectivity index (χ0v) is 18.4. The van der Waals surface area contributed by atoms with Gasteiger partial charge in [-0.05, 0) is 30.7 Å². The topological polar surface area (TPSA) is 59.8 Å². The summed E-state index contributed by atoms with van der Waals surface area (Å²) in [5.41, 5.74) is 2.46. The van der Waals surface area contributed by atoms with Crippen LogP contribution in [0.3, 0.4) is 0 Å². The van der Waals surface area contributed by atoms with Crippen LogP contribution in [0.25, 0.3) is 11.4 Å².